The lowest BCUT2D eigenvalue weighted by Gasteiger charge is -2.36. The van der Waals surface area contributed by atoms with E-state index in [1.807, 2.05) is 12.1 Å². The van der Waals surface area contributed by atoms with Crippen LogP contribution in [0, 0.1) is 0 Å². The molecule has 0 aromatic heterocycles. The normalized spacial score (nSPS) is 19.4. The van der Waals surface area contributed by atoms with E-state index in [4.69, 9.17) is 5.73 Å². The third-order valence-electron chi connectivity index (χ3n) is 4.16. The molecular weight excluding hydrogens is 302 g/mol. The summed E-state index contributed by atoms with van der Waals surface area (Å²) in [5.74, 6) is 0.389. The molecule has 0 radical (unpaired) electrons. The van der Waals surface area contributed by atoms with E-state index in [9.17, 15) is 5.11 Å². The van der Waals surface area contributed by atoms with Gasteiger partial charge in [-0.05, 0) is 30.4 Å². The van der Waals surface area contributed by atoms with E-state index in [0.29, 0.717) is 5.75 Å². The van der Waals surface area contributed by atoms with Gasteiger partial charge in [-0.2, -0.15) is 0 Å². The third-order valence-corrected chi connectivity index (χ3v) is 4.62. The lowest BCUT2D eigenvalue weighted by atomic mass is 9.75. The molecule has 1 aromatic rings. The van der Waals surface area contributed by atoms with E-state index in [0.717, 1.165) is 41.3 Å². The van der Waals surface area contributed by atoms with Crippen molar-refractivity contribution in [2.24, 2.45) is 5.73 Å². The molecule has 0 atom stereocenters. The molecule has 0 aliphatic heterocycles. The van der Waals surface area contributed by atoms with Gasteiger partial charge in [0.25, 0.3) is 0 Å². The Kier molecular flexibility index (Phi) is 3.99. The number of phenolic OH excluding ortho intramolecular Hbond substituents is 1. The van der Waals surface area contributed by atoms with Crippen molar-refractivity contribution in [1.82, 2.24) is 0 Å². The minimum Gasteiger partial charge on any atom is -0.507 e. The van der Waals surface area contributed by atoms with Gasteiger partial charge in [0, 0.05) is 21.1 Å². The van der Waals surface area contributed by atoms with Crippen molar-refractivity contribution in [1.29, 1.82) is 0 Å². The quantitative estimate of drug-likeness (QED) is 0.794. The van der Waals surface area contributed by atoms with E-state index in [1.54, 1.807) is 0 Å². The van der Waals surface area contributed by atoms with Gasteiger partial charge in [-0.1, -0.05) is 56.0 Å². The lowest BCUT2D eigenvalue weighted by molar-refractivity contribution is 0.290. The summed E-state index contributed by atoms with van der Waals surface area (Å²) in [5, 5.41) is 10.7. The van der Waals surface area contributed by atoms with Crippen LogP contribution >= 0.6 is 15.9 Å². The average Bonchev–Trinajstić information content (AvgIpc) is 2.31. The number of benzene rings is 1. The maximum absolute atomic E-state index is 10.7. The number of aromatic hydroxyl groups is 1. The maximum atomic E-state index is 10.7. The van der Waals surface area contributed by atoms with Crippen LogP contribution in [-0.2, 0) is 11.0 Å². The van der Waals surface area contributed by atoms with Gasteiger partial charge in [0.2, 0.25) is 0 Å². The first-order chi connectivity index (χ1) is 8.74. The van der Waals surface area contributed by atoms with Crippen molar-refractivity contribution in [3.8, 4) is 5.75 Å². The van der Waals surface area contributed by atoms with E-state index in [1.165, 1.54) is 6.42 Å². The SMILES string of the molecule is CC(C)(C)c1cc(Br)cc(C2(N)CCCCC2)c1O. The highest BCUT2D eigenvalue weighted by atomic mass is 79.9. The van der Waals surface area contributed by atoms with Gasteiger partial charge in [0.05, 0.1) is 0 Å². The van der Waals surface area contributed by atoms with Gasteiger partial charge in [0.1, 0.15) is 5.75 Å². The molecule has 0 saturated heterocycles. The Hall–Kier alpha value is -0.540. The summed E-state index contributed by atoms with van der Waals surface area (Å²) in [6.07, 6.45) is 5.46. The van der Waals surface area contributed by atoms with Gasteiger partial charge >= 0.3 is 0 Å². The zero-order valence-electron chi connectivity index (χ0n) is 12.1. The number of nitrogens with two attached hydrogens (primary N) is 1. The fourth-order valence-electron chi connectivity index (χ4n) is 3.00. The van der Waals surface area contributed by atoms with Gasteiger partial charge in [-0.15, -0.1) is 0 Å². The molecule has 3 heteroatoms. The van der Waals surface area contributed by atoms with Crippen molar-refractivity contribution in [3.63, 3.8) is 0 Å². The Morgan fingerprint density at radius 2 is 1.74 bits per heavy atom. The fraction of sp³-hybridized carbons (Fsp3) is 0.625. The minimum atomic E-state index is -0.369. The van der Waals surface area contributed by atoms with Crippen molar-refractivity contribution in [2.45, 2.75) is 63.8 Å². The van der Waals surface area contributed by atoms with Crippen LogP contribution in [0.25, 0.3) is 0 Å². The highest BCUT2D eigenvalue weighted by molar-refractivity contribution is 9.10. The van der Waals surface area contributed by atoms with Crippen LogP contribution in [0.1, 0.15) is 64.0 Å². The zero-order chi connectivity index (χ0) is 14.3. The zero-order valence-corrected chi connectivity index (χ0v) is 13.7. The lowest BCUT2D eigenvalue weighted by Crippen LogP contribution is -2.39. The first kappa shape index (κ1) is 14.9. The second-order valence-electron chi connectivity index (χ2n) is 6.82. The molecule has 2 nitrogen and oxygen atoms in total. The molecule has 3 N–H and O–H groups in total. The van der Waals surface area contributed by atoms with Crippen LogP contribution in [0.2, 0.25) is 0 Å². The predicted molar refractivity (Wildman–Crippen MR) is 83.5 cm³/mol. The highest BCUT2D eigenvalue weighted by Gasteiger charge is 2.34. The molecule has 1 aromatic carbocycles. The first-order valence-corrected chi connectivity index (χ1v) is 7.86. The Morgan fingerprint density at radius 1 is 1.16 bits per heavy atom. The summed E-state index contributed by atoms with van der Waals surface area (Å²) in [5.41, 5.74) is 8.00. The van der Waals surface area contributed by atoms with Crippen LogP contribution in [0.15, 0.2) is 16.6 Å². The van der Waals surface area contributed by atoms with E-state index >= 15 is 0 Å². The number of hydrogen-bond donors (Lipinski definition) is 2. The summed E-state index contributed by atoms with van der Waals surface area (Å²) >= 11 is 3.56. The smallest absolute Gasteiger partial charge is 0.124 e. The molecule has 0 amide bonds. The molecule has 106 valence electrons. The number of halogens is 1. The van der Waals surface area contributed by atoms with E-state index in [2.05, 4.69) is 36.7 Å². The van der Waals surface area contributed by atoms with Gasteiger partial charge < -0.3 is 10.8 Å². The number of hydrogen-bond acceptors (Lipinski definition) is 2. The minimum absolute atomic E-state index is 0.0896. The molecule has 1 aliphatic rings. The molecule has 0 heterocycles. The molecule has 1 fully saturated rings. The molecule has 1 saturated carbocycles. The summed E-state index contributed by atoms with van der Waals surface area (Å²) in [4.78, 5) is 0. The molecule has 0 bridgehead atoms. The predicted octanol–water partition coefficient (Wildman–Crippen LogP) is 4.57. The summed E-state index contributed by atoms with van der Waals surface area (Å²) < 4.78 is 1.00. The molecular formula is C16H24BrNO. The Morgan fingerprint density at radius 3 is 2.26 bits per heavy atom. The van der Waals surface area contributed by atoms with Crippen molar-refractivity contribution in [3.05, 3.63) is 27.7 Å². The topological polar surface area (TPSA) is 46.2 Å². The molecule has 1 aliphatic carbocycles. The van der Waals surface area contributed by atoms with Gasteiger partial charge in [-0.25, -0.2) is 0 Å². The van der Waals surface area contributed by atoms with Gasteiger partial charge in [-0.3, -0.25) is 0 Å². The van der Waals surface area contributed by atoms with Crippen molar-refractivity contribution in [2.75, 3.05) is 0 Å². The largest absolute Gasteiger partial charge is 0.507 e. The highest BCUT2D eigenvalue weighted by Crippen LogP contribution is 2.44. The number of rotatable bonds is 1. The second kappa shape index (κ2) is 5.10. The summed E-state index contributed by atoms with van der Waals surface area (Å²) in [6.45, 7) is 6.34. The van der Waals surface area contributed by atoms with Crippen LogP contribution in [0.3, 0.4) is 0 Å². The van der Waals surface area contributed by atoms with Crippen LogP contribution in [0.4, 0.5) is 0 Å². The standard InChI is InChI=1S/C16H24BrNO/c1-15(2,3)12-9-11(17)10-13(14(12)19)16(18)7-5-4-6-8-16/h9-10,19H,4-8,18H2,1-3H3. The monoisotopic (exact) mass is 325 g/mol. The molecule has 0 spiro atoms. The van der Waals surface area contributed by atoms with Crippen LogP contribution < -0.4 is 5.73 Å². The summed E-state index contributed by atoms with van der Waals surface area (Å²) in [7, 11) is 0. The Balaban J connectivity index is 2.54. The van der Waals surface area contributed by atoms with E-state index in [-0.39, 0.29) is 11.0 Å². The average molecular weight is 326 g/mol. The maximum Gasteiger partial charge on any atom is 0.124 e. The summed E-state index contributed by atoms with van der Waals surface area (Å²) in [6, 6.07) is 4.00. The molecule has 0 unspecified atom stereocenters. The second-order valence-corrected chi connectivity index (χ2v) is 7.73. The fourth-order valence-corrected chi connectivity index (χ4v) is 3.46. The van der Waals surface area contributed by atoms with Crippen LogP contribution in [-0.4, -0.2) is 5.11 Å². The molecule has 19 heavy (non-hydrogen) atoms. The number of phenols is 1. The van der Waals surface area contributed by atoms with Crippen molar-refractivity contribution < 1.29 is 5.11 Å². The Bertz CT molecular complexity index is 470. The van der Waals surface area contributed by atoms with Crippen LogP contribution in [0.5, 0.6) is 5.75 Å². The van der Waals surface area contributed by atoms with E-state index < -0.39 is 0 Å². The van der Waals surface area contributed by atoms with Gasteiger partial charge in [0.15, 0.2) is 0 Å². The first-order valence-electron chi connectivity index (χ1n) is 7.06. The third kappa shape index (κ3) is 2.97. The Labute approximate surface area is 124 Å². The molecule has 2 rings (SSSR count). The van der Waals surface area contributed by atoms with Crippen molar-refractivity contribution >= 4 is 15.9 Å².